The third kappa shape index (κ3) is 2.17. The van der Waals surface area contributed by atoms with Crippen molar-refractivity contribution >= 4 is 0 Å². The van der Waals surface area contributed by atoms with Crippen LogP contribution in [0.25, 0.3) is 16.9 Å². The molecule has 0 amide bonds. The second kappa shape index (κ2) is 5.17. The Bertz CT molecular complexity index is 828. The molecule has 0 aliphatic carbocycles. The molecular formula is C16H13N5. The fraction of sp³-hybridized carbons (Fsp3) is 0.125. The molecule has 0 spiro atoms. The highest BCUT2D eigenvalue weighted by molar-refractivity contribution is 5.67. The van der Waals surface area contributed by atoms with E-state index in [0.29, 0.717) is 11.4 Å². The number of rotatable bonds is 2. The summed E-state index contributed by atoms with van der Waals surface area (Å²) in [5.74, 6) is 0. The number of hydrogen-bond acceptors (Lipinski definition) is 4. The Balaban J connectivity index is 2.29. The van der Waals surface area contributed by atoms with Crippen LogP contribution < -0.4 is 0 Å². The Morgan fingerprint density at radius 1 is 1.10 bits per heavy atom. The van der Waals surface area contributed by atoms with Crippen LogP contribution >= 0.6 is 0 Å². The van der Waals surface area contributed by atoms with Crippen LogP contribution in [0.4, 0.5) is 0 Å². The van der Waals surface area contributed by atoms with Gasteiger partial charge in [-0.05, 0) is 43.2 Å². The fourth-order valence-electron chi connectivity index (χ4n) is 2.26. The molecule has 0 saturated heterocycles. The van der Waals surface area contributed by atoms with Crippen molar-refractivity contribution in [2.75, 3.05) is 0 Å². The van der Waals surface area contributed by atoms with Crippen LogP contribution in [-0.2, 0) is 0 Å². The van der Waals surface area contributed by atoms with Gasteiger partial charge in [0, 0.05) is 18.0 Å². The van der Waals surface area contributed by atoms with Crippen LogP contribution in [0.1, 0.15) is 16.8 Å². The van der Waals surface area contributed by atoms with E-state index in [9.17, 15) is 5.26 Å². The molecule has 2 heterocycles. The highest BCUT2D eigenvalue weighted by atomic mass is 15.4. The highest BCUT2D eigenvalue weighted by Gasteiger charge is 2.17. The molecule has 5 heteroatoms. The smallest absolute Gasteiger partial charge is 0.191 e. The van der Waals surface area contributed by atoms with Gasteiger partial charge in [0.1, 0.15) is 11.8 Å². The summed E-state index contributed by atoms with van der Waals surface area (Å²) in [5.41, 5.74) is 5.07. The summed E-state index contributed by atoms with van der Waals surface area (Å²) in [6.07, 6.45) is 3.38. The Hall–Kier alpha value is -3.00. The van der Waals surface area contributed by atoms with Crippen molar-refractivity contribution in [3.05, 3.63) is 59.5 Å². The summed E-state index contributed by atoms with van der Waals surface area (Å²) in [5, 5.41) is 17.4. The standard InChI is InChI=1S/C16H13N5/c1-11-4-3-5-15(12(11)2)21-16(14(10-17)19-20-21)13-6-8-18-9-7-13/h3-9H,1-2H3. The van der Waals surface area contributed by atoms with Crippen LogP contribution in [0.2, 0.25) is 0 Å². The normalized spacial score (nSPS) is 10.3. The fourth-order valence-corrected chi connectivity index (χ4v) is 2.26. The summed E-state index contributed by atoms with van der Waals surface area (Å²) in [4.78, 5) is 4.01. The third-order valence-electron chi connectivity index (χ3n) is 3.53. The quantitative estimate of drug-likeness (QED) is 0.721. The van der Waals surface area contributed by atoms with Crippen LogP contribution in [-0.4, -0.2) is 20.0 Å². The van der Waals surface area contributed by atoms with E-state index in [1.54, 1.807) is 17.1 Å². The first-order valence-electron chi connectivity index (χ1n) is 6.55. The SMILES string of the molecule is Cc1cccc(-n2nnc(C#N)c2-c2ccncc2)c1C. The van der Waals surface area contributed by atoms with Crippen LogP contribution in [0.3, 0.4) is 0 Å². The zero-order valence-electron chi connectivity index (χ0n) is 11.8. The van der Waals surface area contributed by atoms with Crippen molar-refractivity contribution in [2.45, 2.75) is 13.8 Å². The van der Waals surface area contributed by atoms with Gasteiger partial charge in [0.25, 0.3) is 0 Å². The van der Waals surface area contributed by atoms with Gasteiger partial charge >= 0.3 is 0 Å². The zero-order valence-corrected chi connectivity index (χ0v) is 11.8. The van der Waals surface area contributed by atoms with E-state index >= 15 is 0 Å². The molecule has 0 aliphatic rings. The van der Waals surface area contributed by atoms with Gasteiger partial charge in [-0.1, -0.05) is 17.3 Å². The van der Waals surface area contributed by atoms with Crippen molar-refractivity contribution in [1.82, 2.24) is 20.0 Å². The molecule has 0 radical (unpaired) electrons. The topological polar surface area (TPSA) is 67.4 Å². The molecule has 21 heavy (non-hydrogen) atoms. The molecule has 5 nitrogen and oxygen atoms in total. The molecule has 0 fully saturated rings. The van der Waals surface area contributed by atoms with Crippen molar-refractivity contribution in [2.24, 2.45) is 0 Å². The summed E-state index contributed by atoms with van der Waals surface area (Å²) in [7, 11) is 0. The highest BCUT2D eigenvalue weighted by Crippen LogP contribution is 2.26. The van der Waals surface area contributed by atoms with Gasteiger partial charge in [0.05, 0.1) is 5.69 Å². The van der Waals surface area contributed by atoms with Crippen molar-refractivity contribution in [3.8, 4) is 23.0 Å². The van der Waals surface area contributed by atoms with Gasteiger partial charge in [0.2, 0.25) is 0 Å². The maximum absolute atomic E-state index is 9.28. The van der Waals surface area contributed by atoms with Gasteiger partial charge < -0.3 is 0 Å². The predicted molar refractivity (Wildman–Crippen MR) is 78.8 cm³/mol. The summed E-state index contributed by atoms with van der Waals surface area (Å²) >= 11 is 0. The minimum atomic E-state index is 0.308. The zero-order chi connectivity index (χ0) is 14.8. The number of nitriles is 1. The predicted octanol–water partition coefficient (Wildman–Crippen LogP) is 2.82. The molecule has 2 aromatic heterocycles. The van der Waals surface area contributed by atoms with Crippen molar-refractivity contribution in [1.29, 1.82) is 5.26 Å². The van der Waals surface area contributed by atoms with E-state index < -0.39 is 0 Å². The minimum absolute atomic E-state index is 0.308. The molecule has 0 unspecified atom stereocenters. The van der Waals surface area contributed by atoms with E-state index in [2.05, 4.69) is 21.4 Å². The second-order valence-corrected chi connectivity index (χ2v) is 4.77. The van der Waals surface area contributed by atoms with E-state index in [-0.39, 0.29) is 0 Å². The first kappa shape index (κ1) is 13.0. The van der Waals surface area contributed by atoms with E-state index in [0.717, 1.165) is 16.8 Å². The number of aromatic nitrogens is 4. The van der Waals surface area contributed by atoms with Gasteiger partial charge in [-0.3, -0.25) is 4.98 Å². The number of hydrogen-bond donors (Lipinski definition) is 0. The summed E-state index contributed by atoms with van der Waals surface area (Å²) in [6.45, 7) is 4.09. The Kier molecular flexibility index (Phi) is 3.20. The van der Waals surface area contributed by atoms with Gasteiger partial charge in [-0.15, -0.1) is 5.10 Å². The average Bonchev–Trinajstić information content (AvgIpc) is 2.94. The number of nitrogens with zero attached hydrogens (tertiary/aromatic N) is 5. The summed E-state index contributed by atoms with van der Waals surface area (Å²) < 4.78 is 1.72. The maximum Gasteiger partial charge on any atom is 0.191 e. The molecule has 0 bridgehead atoms. The molecule has 0 atom stereocenters. The molecule has 3 aromatic rings. The monoisotopic (exact) mass is 275 g/mol. The summed E-state index contributed by atoms with van der Waals surface area (Å²) in [6, 6.07) is 11.8. The van der Waals surface area contributed by atoms with Gasteiger partial charge in [-0.2, -0.15) is 5.26 Å². The molecule has 1 aromatic carbocycles. The Morgan fingerprint density at radius 3 is 2.57 bits per heavy atom. The molecule has 3 rings (SSSR count). The van der Waals surface area contributed by atoms with Crippen molar-refractivity contribution in [3.63, 3.8) is 0 Å². The lowest BCUT2D eigenvalue weighted by Gasteiger charge is -2.11. The number of aryl methyl sites for hydroxylation is 1. The van der Waals surface area contributed by atoms with Gasteiger partial charge in [-0.25, -0.2) is 4.68 Å². The Morgan fingerprint density at radius 2 is 1.86 bits per heavy atom. The lowest BCUT2D eigenvalue weighted by atomic mass is 10.1. The number of benzene rings is 1. The van der Waals surface area contributed by atoms with Crippen molar-refractivity contribution < 1.29 is 0 Å². The van der Waals surface area contributed by atoms with Crippen LogP contribution in [0, 0.1) is 25.2 Å². The molecular weight excluding hydrogens is 262 g/mol. The first-order valence-corrected chi connectivity index (χ1v) is 6.55. The van der Waals surface area contributed by atoms with Crippen LogP contribution in [0.5, 0.6) is 0 Å². The largest absolute Gasteiger partial charge is 0.265 e. The van der Waals surface area contributed by atoms with E-state index in [4.69, 9.17) is 0 Å². The lowest BCUT2D eigenvalue weighted by Crippen LogP contribution is -2.03. The lowest BCUT2D eigenvalue weighted by molar-refractivity contribution is 0.801. The molecule has 102 valence electrons. The van der Waals surface area contributed by atoms with E-state index in [1.807, 2.05) is 44.2 Å². The van der Waals surface area contributed by atoms with Gasteiger partial charge in [0.15, 0.2) is 5.69 Å². The minimum Gasteiger partial charge on any atom is -0.265 e. The molecule has 0 aliphatic heterocycles. The van der Waals surface area contributed by atoms with Crippen LogP contribution in [0.15, 0.2) is 42.7 Å². The second-order valence-electron chi connectivity index (χ2n) is 4.77. The molecule has 0 saturated carbocycles. The van der Waals surface area contributed by atoms with E-state index in [1.165, 1.54) is 5.56 Å². The molecule has 0 N–H and O–H groups in total. The Labute approximate surface area is 122 Å². The number of pyridine rings is 1. The first-order chi connectivity index (χ1) is 10.2. The third-order valence-corrected chi connectivity index (χ3v) is 3.53. The maximum atomic E-state index is 9.28. The average molecular weight is 275 g/mol.